The van der Waals surface area contributed by atoms with Gasteiger partial charge in [0.25, 0.3) is 0 Å². The van der Waals surface area contributed by atoms with Gasteiger partial charge in [-0.1, -0.05) is 54.6 Å². The van der Waals surface area contributed by atoms with E-state index in [2.05, 4.69) is 60.5 Å². The van der Waals surface area contributed by atoms with Crippen LogP contribution in [0.15, 0.2) is 84.6 Å². The van der Waals surface area contributed by atoms with Crippen LogP contribution < -0.4 is 9.64 Å². The van der Waals surface area contributed by atoms with E-state index in [0.29, 0.717) is 0 Å². The maximum Gasteiger partial charge on any atom is 0.126 e. The van der Waals surface area contributed by atoms with E-state index in [4.69, 9.17) is 4.74 Å². The largest absolute Gasteiger partial charge is 0.461 e. The minimum Gasteiger partial charge on any atom is -0.461 e. The van der Waals surface area contributed by atoms with Gasteiger partial charge < -0.3 is 9.64 Å². The molecule has 0 bridgehead atoms. The van der Waals surface area contributed by atoms with Crippen molar-refractivity contribution in [3.63, 3.8) is 0 Å². The Morgan fingerprint density at radius 3 is 1.79 bits per heavy atom. The zero-order chi connectivity index (χ0) is 16.5. The van der Waals surface area contributed by atoms with Gasteiger partial charge >= 0.3 is 0 Å². The number of allylic oxidation sites excluding steroid dienone is 1. The average molecular weight is 313 g/mol. The SMILES string of the molecule is CC(Oc1ccccc1)=C1c2ccccc2N(C)c2ccccc21. The first kappa shape index (κ1) is 14.6. The molecule has 0 spiro atoms. The Hall–Kier alpha value is -3.00. The van der Waals surface area contributed by atoms with Crippen molar-refractivity contribution in [3.05, 3.63) is 95.7 Å². The molecule has 0 aromatic heterocycles. The van der Waals surface area contributed by atoms with Crippen LogP contribution in [0, 0.1) is 0 Å². The fraction of sp³-hybridized carbons (Fsp3) is 0.0909. The van der Waals surface area contributed by atoms with Crippen LogP contribution in [-0.2, 0) is 0 Å². The van der Waals surface area contributed by atoms with E-state index in [9.17, 15) is 0 Å². The average Bonchev–Trinajstić information content (AvgIpc) is 2.63. The van der Waals surface area contributed by atoms with Crippen molar-refractivity contribution in [2.45, 2.75) is 6.92 Å². The summed E-state index contributed by atoms with van der Waals surface area (Å²) in [6, 6.07) is 26.9. The summed E-state index contributed by atoms with van der Waals surface area (Å²) in [5.41, 5.74) is 5.95. The summed E-state index contributed by atoms with van der Waals surface area (Å²) in [5.74, 6) is 1.77. The predicted octanol–water partition coefficient (Wildman–Crippen LogP) is 5.63. The Morgan fingerprint density at radius 2 is 1.21 bits per heavy atom. The second-order valence-electron chi connectivity index (χ2n) is 5.94. The number of ether oxygens (including phenoxy) is 1. The number of nitrogens with zero attached hydrogens (tertiary/aromatic N) is 1. The first-order valence-electron chi connectivity index (χ1n) is 8.12. The molecule has 1 heterocycles. The molecule has 0 aliphatic carbocycles. The van der Waals surface area contributed by atoms with E-state index < -0.39 is 0 Å². The number of benzene rings is 3. The van der Waals surface area contributed by atoms with Crippen LogP contribution >= 0.6 is 0 Å². The monoisotopic (exact) mass is 313 g/mol. The molecular weight excluding hydrogens is 294 g/mol. The van der Waals surface area contributed by atoms with E-state index in [1.165, 1.54) is 22.5 Å². The van der Waals surface area contributed by atoms with Gasteiger partial charge in [0.1, 0.15) is 11.5 Å². The van der Waals surface area contributed by atoms with Crippen LogP contribution in [0.1, 0.15) is 18.1 Å². The normalized spacial score (nSPS) is 12.4. The highest BCUT2D eigenvalue weighted by Gasteiger charge is 2.25. The van der Waals surface area contributed by atoms with E-state index in [-0.39, 0.29) is 0 Å². The molecule has 4 rings (SSSR count). The molecule has 1 aliphatic heterocycles. The van der Waals surface area contributed by atoms with Gasteiger partial charge in [0, 0.05) is 35.1 Å². The van der Waals surface area contributed by atoms with Crippen molar-refractivity contribution < 1.29 is 4.74 Å². The van der Waals surface area contributed by atoms with Gasteiger partial charge in [-0.15, -0.1) is 0 Å². The summed E-state index contributed by atoms with van der Waals surface area (Å²) in [4.78, 5) is 2.24. The van der Waals surface area contributed by atoms with Crippen molar-refractivity contribution in [1.29, 1.82) is 0 Å². The van der Waals surface area contributed by atoms with Gasteiger partial charge in [-0.05, 0) is 31.2 Å². The lowest BCUT2D eigenvalue weighted by molar-refractivity contribution is 0.430. The number of hydrogen-bond donors (Lipinski definition) is 0. The second-order valence-corrected chi connectivity index (χ2v) is 5.94. The Morgan fingerprint density at radius 1 is 0.708 bits per heavy atom. The summed E-state index contributed by atoms with van der Waals surface area (Å²) >= 11 is 0. The highest BCUT2D eigenvalue weighted by Crippen LogP contribution is 2.45. The van der Waals surface area contributed by atoms with Crippen molar-refractivity contribution >= 4 is 16.9 Å². The van der Waals surface area contributed by atoms with Gasteiger partial charge in [-0.25, -0.2) is 0 Å². The van der Waals surface area contributed by atoms with Crippen molar-refractivity contribution in [3.8, 4) is 5.75 Å². The molecule has 0 unspecified atom stereocenters. The minimum atomic E-state index is 0.858. The fourth-order valence-corrected chi connectivity index (χ4v) is 3.33. The van der Waals surface area contributed by atoms with E-state index >= 15 is 0 Å². The third-order valence-electron chi connectivity index (χ3n) is 4.44. The van der Waals surface area contributed by atoms with Gasteiger partial charge in [0.15, 0.2) is 0 Å². The molecule has 3 aromatic rings. The molecule has 0 saturated carbocycles. The highest BCUT2D eigenvalue weighted by atomic mass is 16.5. The lowest BCUT2D eigenvalue weighted by Gasteiger charge is -2.32. The summed E-state index contributed by atoms with van der Waals surface area (Å²) < 4.78 is 6.16. The van der Waals surface area contributed by atoms with Crippen molar-refractivity contribution in [1.82, 2.24) is 0 Å². The Labute approximate surface area is 142 Å². The topological polar surface area (TPSA) is 12.5 Å². The zero-order valence-electron chi connectivity index (χ0n) is 13.9. The van der Waals surface area contributed by atoms with Crippen molar-refractivity contribution in [2.24, 2.45) is 0 Å². The Kier molecular flexibility index (Phi) is 3.58. The van der Waals surface area contributed by atoms with Gasteiger partial charge in [0.2, 0.25) is 0 Å². The molecular formula is C22H19NO. The summed E-state index contributed by atoms with van der Waals surface area (Å²) in [7, 11) is 2.11. The van der Waals surface area contributed by atoms with Crippen LogP contribution in [0.3, 0.4) is 0 Å². The van der Waals surface area contributed by atoms with E-state index in [1.54, 1.807) is 0 Å². The smallest absolute Gasteiger partial charge is 0.126 e. The number of fused-ring (bicyclic) bond motifs is 2. The minimum absolute atomic E-state index is 0.858. The lowest BCUT2D eigenvalue weighted by atomic mass is 9.89. The van der Waals surface area contributed by atoms with Crippen LogP contribution in [0.2, 0.25) is 0 Å². The van der Waals surface area contributed by atoms with Crippen molar-refractivity contribution in [2.75, 3.05) is 11.9 Å². The Balaban J connectivity index is 1.92. The lowest BCUT2D eigenvalue weighted by Crippen LogP contribution is -2.19. The molecule has 0 radical (unpaired) electrons. The molecule has 118 valence electrons. The first-order valence-corrected chi connectivity index (χ1v) is 8.12. The second kappa shape index (κ2) is 5.89. The van der Waals surface area contributed by atoms with Gasteiger partial charge in [-0.3, -0.25) is 0 Å². The van der Waals surface area contributed by atoms with Crippen LogP contribution in [0.5, 0.6) is 5.75 Å². The fourth-order valence-electron chi connectivity index (χ4n) is 3.33. The molecule has 0 amide bonds. The quantitative estimate of drug-likeness (QED) is 0.569. The maximum absolute atomic E-state index is 6.16. The Bertz CT molecular complexity index is 863. The molecule has 2 heteroatoms. The standard InChI is InChI=1S/C22H19NO/c1-16(24-17-10-4-3-5-11-17)22-18-12-6-8-14-20(18)23(2)21-15-9-7-13-19(21)22/h3-15H,1-2H3. The molecule has 0 saturated heterocycles. The molecule has 1 aliphatic rings. The zero-order valence-corrected chi connectivity index (χ0v) is 13.9. The first-order chi connectivity index (χ1) is 11.8. The molecule has 0 fully saturated rings. The summed E-state index contributed by atoms with van der Waals surface area (Å²) in [5, 5.41) is 0. The van der Waals surface area contributed by atoms with Gasteiger partial charge in [-0.2, -0.15) is 0 Å². The summed E-state index contributed by atoms with van der Waals surface area (Å²) in [6.07, 6.45) is 0. The number of anilines is 2. The number of hydrogen-bond acceptors (Lipinski definition) is 2. The third kappa shape index (κ3) is 2.37. The van der Waals surface area contributed by atoms with Crippen LogP contribution in [0.4, 0.5) is 11.4 Å². The van der Waals surface area contributed by atoms with Crippen LogP contribution in [-0.4, -0.2) is 7.05 Å². The van der Waals surface area contributed by atoms with Crippen LogP contribution in [0.25, 0.3) is 5.57 Å². The molecule has 24 heavy (non-hydrogen) atoms. The number of rotatable bonds is 2. The van der Waals surface area contributed by atoms with Gasteiger partial charge in [0.05, 0.1) is 0 Å². The van der Waals surface area contributed by atoms with E-state index in [1.807, 2.05) is 37.3 Å². The third-order valence-corrected chi connectivity index (χ3v) is 4.44. The predicted molar refractivity (Wildman–Crippen MR) is 99.7 cm³/mol. The number of para-hydroxylation sites is 3. The summed E-state index contributed by atoms with van der Waals surface area (Å²) in [6.45, 7) is 2.04. The maximum atomic E-state index is 6.16. The molecule has 3 aromatic carbocycles. The molecule has 0 atom stereocenters. The highest BCUT2D eigenvalue weighted by molar-refractivity contribution is 5.98. The van der Waals surface area contributed by atoms with E-state index in [0.717, 1.165) is 17.1 Å². The molecule has 2 nitrogen and oxygen atoms in total. The molecule has 0 N–H and O–H groups in total.